The Bertz CT molecular complexity index is 444. The highest BCUT2D eigenvalue weighted by Gasteiger charge is 2.23. The minimum absolute atomic E-state index is 0.191. The number of aryl methyl sites for hydroxylation is 1. The average Bonchev–Trinajstić information content (AvgIpc) is 2.94. The summed E-state index contributed by atoms with van der Waals surface area (Å²) in [5.74, 6) is 1.08. The Hall–Kier alpha value is -1.55. The first-order valence-corrected chi connectivity index (χ1v) is 7.78. The maximum atomic E-state index is 11.9. The molecule has 0 aromatic heterocycles. The molecule has 1 N–H and O–H groups in total. The summed E-state index contributed by atoms with van der Waals surface area (Å²) in [4.78, 5) is 13.7. The van der Waals surface area contributed by atoms with E-state index in [9.17, 15) is 9.90 Å². The van der Waals surface area contributed by atoms with E-state index in [0.717, 1.165) is 37.9 Å². The third-order valence-corrected chi connectivity index (χ3v) is 4.03. The fraction of sp³-hybridized carbons (Fsp3) is 0.588. The maximum Gasteiger partial charge on any atom is 0.222 e. The monoisotopic (exact) mass is 291 g/mol. The summed E-state index contributed by atoms with van der Waals surface area (Å²) in [5.41, 5.74) is 1.31. The number of carbonyl (C=O) groups excluding carboxylic acids is 1. The van der Waals surface area contributed by atoms with E-state index in [-0.39, 0.29) is 12.0 Å². The quantitative estimate of drug-likeness (QED) is 0.785. The lowest BCUT2D eigenvalue weighted by Gasteiger charge is -2.15. The van der Waals surface area contributed by atoms with E-state index in [2.05, 4.69) is 12.1 Å². The molecule has 0 unspecified atom stereocenters. The Morgan fingerprint density at radius 1 is 1.29 bits per heavy atom. The highest BCUT2D eigenvalue weighted by Crippen LogP contribution is 2.15. The predicted octanol–water partition coefficient (Wildman–Crippen LogP) is 2.39. The molecule has 1 aromatic rings. The maximum absolute atomic E-state index is 11.9. The molecular weight excluding hydrogens is 266 g/mol. The van der Waals surface area contributed by atoms with Gasteiger partial charge in [-0.3, -0.25) is 4.79 Å². The number of methoxy groups -OCH3 is 1. The van der Waals surface area contributed by atoms with Gasteiger partial charge < -0.3 is 14.7 Å². The first-order chi connectivity index (χ1) is 10.2. The number of hydrogen-bond donors (Lipinski definition) is 1. The van der Waals surface area contributed by atoms with Crippen molar-refractivity contribution in [3.05, 3.63) is 29.8 Å². The summed E-state index contributed by atoms with van der Waals surface area (Å²) < 4.78 is 5.13. The van der Waals surface area contributed by atoms with Crippen LogP contribution in [0.15, 0.2) is 24.3 Å². The number of unbranched alkanes of at least 4 members (excludes halogenated alkanes) is 2. The van der Waals surface area contributed by atoms with Gasteiger partial charge in [-0.1, -0.05) is 18.6 Å². The molecule has 1 fully saturated rings. The van der Waals surface area contributed by atoms with Crippen molar-refractivity contribution in [1.29, 1.82) is 0 Å². The molecule has 1 aliphatic heterocycles. The Labute approximate surface area is 126 Å². The van der Waals surface area contributed by atoms with Crippen LogP contribution in [0.1, 0.15) is 37.7 Å². The van der Waals surface area contributed by atoms with Gasteiger partial charge in [0.1, 0.15) is 5.75 Å². The van der Waals surface area contributed by atoms with E-state index < -0.39 is 0 Å². The molecule has 0 saturated carbocycles. The molecular formula is C17H25NO3. The number of hydrogen-bond acceptors (Lipinski definition) is 3. The van der Waals surface area contributed by atoms with E-state index in [1.54, 1.807) is 12.0 Å². The lowest BCUT2D eigenvalue weighted by molar-refractivity contribution is -0.130. The van der Waals surface area contributed by atoms with Crippen LogP contribution < -0.4 is 4.74 Å². The van der Waals surface area contributed by atoms with Crippen LogP contribution in [0.5, 0.6) is 5.75 Å². The molecule has 1 aromatic carbocycles. The molecule has 2 rings (SSSR count). The summed E-state index contributed by atoms with van der Waals surface area (Å²) in [7, 11) is 1.67. The van der Waals surface area contributed by atoms with Gasteiger partial charge >= 0.3 is 0 Å². The Kier molecular flexibility index (Phi) is 6.05. The molecule has 116 valence electrons. The molecule has 1 saturated heterocycles. The molecule has 1 aliphatic rings. The van der Waals surface area contributed by atoms with Gasteiger partial charge in [0.05, 0.1) is 13.2 Å². The summed E-state index contributed by atoms with van der Waals surface area (Å²) in [6.45, 7) is 1.23. The molecule has 0 aliphatic carbocycles. The van der Waals surface area contributed by atoms with Crippen molar-refractivity contribution < 1.29 is 14.6 Å². The minimum Gasteiger partial charge on any atom is -0.497 e. The second-order valence-corrected chi connectivity index (χ2v) is 5.69. The normalized spacial score (nSPS) is 18.0. The zero-order valence-corrected chi connectivity index (χ0v) is 12.8. The number of ether oxygens (including phenoxy) is 1. The number of aliphatic hydroxyl groups excluding tert-OH is 1. The zero-order valence-electron chi connectivity index (χ0n) is 12.8. The first-order valence-electron chi connectivity index (χ1n) is 7.78. The smallest absolute Gasteiger partial charge is 0.222 e. The van der Waals surface area contributed by atoms with Crippen LogP contribution in [-0.2, 0) is 11.2 Å². The number of nitrogens with zero attached hydrogens (tertiary/aromatic N) is 1. The van der Waals surface area contributed by atoms with Crippen LogP contribution in [0.25, 0.3) is 0 Å². The summed E-state index contributed by atoms with van der Waals surface area (Å²) in [5, 5.41) is 9.42. The van der Waals surface area contributed by atoms with Crippen molar-refractivity contribution in [3.8, 4) is 5.75 Å². The van der Waals surface area contributed by atoms with E-state index in [4.69, 9.17) is 4.74 Å². The van der Waals surface area contributed by atoms with E-state index in [1.165, 1.54) is 5.56 Å². The van der Waals surface area contributed by atoms with Crippen LogP contribution >= 0.6 is 0 Å². The van der Waals surface area contributed by atoms with Gasteiger partial charge in [0, 0.05) is 19.5 Å². The fourth-order valence-corrected chi connectivity index (χ4v) is 2.70. The number of aliphatic hydroxyl groups is 1. The highest BCUT2D eigenvalue weighted by molar-refractivity contribution is 5.76. The van der Waals surface area contributed by atoms with Gasteiger partial charge in [-0.15, -0.1) is 0 Å². The predicted molar refractivity (Wildman–Crippen MR) is 82.4 cm³/mol. The van der Waals surface area contributed by atoms with Crippen LogP contribution in [0, 0.1) is 0 Å². The molecule has 4 nitrogen and oxygen atoms in total. The van der Waals surface area contributed by atoms with Crippen LogP contribution in [0.3, 0.4) is 0 Å². The number of rotatable bonds is 7. The number of likely N-dealkylation sites (tertiary alicyclic amines) is 1. The SMILES string of the molecule is COc1ccc(CCCCCC(=O)N2CC[C@@H](O)C2)cc1. The van der Waals surface area contributed by atoms with Crippen LogP contribution in [-0.4, -0.2) is 42.2 Å². The van der Waals surface area contributed by atoms with Crippen molar-refractivity contribution in [2.75, 3.05) is 20.2 Å². The Balaban J connectivity index is 1.58. The number of benzene rings is 1. The van der Waals surface area contributed by atoms with Crippen molar-refractivity contribution >= 4 is 5.91 Å². The van der Waals surface area contributed by atoms with Gasteiger partial charge in [-0.2, -0.15) is 0 Å². The second-order valence-electron chi connectivity index (χ2n) is 5.69. The topological polar surface area (TPSA) is 49.8 Å². The van der Waals surface area contributed by atoms with Gasteiger partial charge in [0.15, 0.2) is 0 Å². The molecule has 1 heterocycles. The van der Waals surface area contributed by atoms with Crippen molar-refractivity contribution in [2.45, 2.75) is 44.6 Å². The molecule has 21 heavy (non-hydrogen) atoms. The van der Waals surface area contributed by atoms with Gasteiger partial charge in [0.25, 0.3) is 0 Å². The lowest BCUT2D eigenvalue weighted by Crippen LogP contribution is -2.29. The largest absolute Gasteiger partial charge is 0.497 e. The first kappa shape index (κ1) is 15.8. The summed E-state index contributed by atoms with van der Waals surface area (Å²) >= 11 is 0. The molecule has 0 spiro atoms. The van der Waals surface area contributed by atoms with E-state index >= 15 is 0 Å². The molecule has 0 bridgehead atoms. The standard InChI is InChI=1S/C17H25NO3/c1-21-16-9-7-14(8-10-16)5-3-2-4-6-17(20)18-12-11-15(19)13-18/h7-10,15,19H,2-6,11-13H2,1H3/t15-/m1/s1. The molecule has 1 atom stereocenters. The molecule has 0 radical (unpaired) electrons. The van der Waals surface area contributed by atoms with Gasteiger partial charge in [-0.25, -0.2) is 0 Å². The summed E-state index contributed by atoms with van der Waals surface area (Å²) in [6, 6.07) is 8.15. The van der Waals surface area contributed by atoms with Crippen molar-refractivity contribution in [3.63, 3.8) is 0 Å². The molecule has 1 amide bonds. The third-order valence-electron chi connectivity index (χ3n) is 4.03. The fourth-order valence-electron chi connectivity index (χ4n) is 2.70. The molecule has 4 heteroatoms. The summed E-state index contributed by atoms with van der Waals surface area (Å²) in [6.07, 6.45) is 5.15. The number of β-amino-alcohol motifs (C(OH)–C–C–N with tert-alkyl or cyclic N) is 1. The van der Waals surface area contributed by atoms with Crippen molar-refractivity contribution in [1.82, 2.24) is 4.90 Å². The van der Waals surface area contributed by atoms with Gasteiger partial charge in [-0.05, 0) is 43.4 Å². The zero-order chi connectivity index (χ0) is 15.1. The van der Waals surface area contributed by atoms with Crippen LogP contribution in [0.2, 0.25) is 0 Å². The van der Waals surface area contributed by atoms with Gasteiger partial charge in [0.2, 0.25) is 5.91 Å². The number of carbonyl (C=O) groups is 1. The van der Waals surface area contributed by atoms with Crippen molar-refractivity contribution in [2.24, 2.45) is 0 Å². The number of amides is 1. The Morgan fingerprint density at radius 3 is 2.67 bits per heavy atom. The minimum atomic E-state index is -0.316. The second kappa shape index (κ2) is 8.03. The third kappa shape index (κ3) is 5.05. The van der Waals surface area contributed by atoms with E-state index in [0.29, 0.717) is 19.5 Å². The lowest BCUT2D eigenvalue weighted by atomic mass is 10.1. The van der Waals surface area contributed by atoms with E-state index in [1.807, 2.05) is 12.1 Å². The highest BCUT2D eigenvalue weighted by atomic mass is 16.5. The van der Waals surface area contributed by atoms with Crippen LogP contribution in [0.4, 0.5) is 0 Å². The Morgan fingerprint density at radius 2 is 2.05 bits per heavy atom. The average molecular weight is 291 g/mol.